The molecule has 1 N–H and O–H groups in total. The lowest BCUT2D eigenvalue weighted by atomic mass is 9.81. The van der Waals surface area contributed by atoms with Crippen molar-refractivity contribution >= 4 is 11.9 Å². The molecule has 0 amide bonds. The van der Waals surface area contributed by atoms with E-state index in [0.29, 0.717) is 12.8 Å². The Balaban J connectivity index is 2.27. The van der Waals surface area contributed by atoms with E-state index in [1.165, 1.54) is 83.5 Å². The highest BCUT2D eigenvalue weighted by molar-refractivity contribution is 5.75. The van der Waals surface area contributed by atoms with Crippen molar-refractivity contribution in [2.24, 2.45) is 11.8 Å². The van der Waals surface area contributed by atoms with Gasteiger partial charge in [0.25, 0.3) is 0 Å². The minimum atomic E-state index is -0.764. The van der Waals surface area contributed by atoms with Gasteiger partial charge in [0, 0.05) is 0 Å². The van der Waals surface area contributed by atoms with Crippen molar-refractivity contribution in [3.63, 3.8) is 0 Å². The van der Waals surface area contributed by atoms with Gasteiger partial charge in [0.15, 0.2) is 0 Å². The molecule has 3 atom stereocenters. The molecule has 0 aliphatic heterocycles. The molecule has 4 nitrogen and oxygen atoms in total. The van der Waals surface area contributed by atoms with Crippen molar-refractivity contribution < 1.29 is 19.4 Å². The molecule has 1 aliphatic rings. The number of carbonyl (C=O) groups excluding carboxylic acids is 1. The smallest absolute Gasteiger partial charge is 0.309 e. The van der Waals surface area contributed by atoms with Gasteiger partial charge in [-0.05, 0) is 44.9 Å². The van der Waals surface area contributed by atoms with Crippen molar-refractivity contribution in [3.05, 3.63) is 0 Å². The molecule has 0 bridgehead atoms. The predicted molar refractivity (Wildman–Crippen MR) is 133 cm³/mol. The van der Waals surface area contributed by atoms with Crippen molar-refractivity contribution in [3.8, 4) is 0 Å². The molecule has 0 aromatic rings. The predicted octanol–water partition coefficient (Wildman–Crippen LogP) is 8.46. The van der Waals surface area contributed by atoms with Crippen LogP contribution in [0.25, 0.3) is 0 Å². The number of aliphatic carboxylic acids is 1. The van der Waals surface area contributed by atoms with Crippen molar-refractivity contribution in [1.29, 1.82) is 0 Å². The van der Waals surface area contributed by atoms with Crippen LogP contribution in [0.3, 0.4) is 0 Å². The highest BCUT2D eigenvalue weighted by Crippen LogP contribution is 2.31. The van der Waals surface area contributed by atoms with E-state index in [9.17, 15) is 14.7 Å². The van der Waals surface area contributed by atoms with Crippen LogP contribution in [0.4, 0.5) is 0 Å². The van der Waals surface area contributed by atoms with Crippen molar-refractivity contribution in [1.82, 2.24) is 0 Å². The normalized spacial score (nSPS) is 19.6. The molecule has 188 valence electrons. The lowest BCUT2D eigenvalue weighted by Crippen LogP contribution is -2.31. The number of unbranched alkanes of at least 4 members (excludes halogenated alkanes) is 13. The molecular formula is C28H52O4. The average molecular weight is 453 g/mol. The Labute approximate surface area is 198 Å². The summed E-state index contributed by atoms with van der Waals surface area (Å²) < 4.78 is 5.96. The molecule has 0 spiro atoms. The summed E-state index contributed by atoms with van der Waals surface area (Å²) in [5.41, 5.74) is 0. The molecule has 1 fully saturated rings. The Bertz CT molecular complexity index is 476. The summed E-state index contributed by atoms with van der Waals surface area (Å²) in [6, 6.07) is 0. The Kier molecular flexibility index (Phi) is 17.6. The zero-order chi connectivity index (χ0) is 23.4. The van der Waals surface area contributed by atoms with Crippen LogP contribution < -0.4 is 0 Å². The summed E-state index contributed by atoms with van der Waals surface area (Å²) in [7, 11) is 0. The summed E-state index contributed by atoms with van der Waals surface area (Å²) in [6.45, 7) is 4.48. The van der Waals surface area contributed by atoms with Crippen LogP contribution in [0.2, 0.25) is 0 Å². The van der Waals surface area contributed by atoms with E-state index in [0.717, 1.165) is 38.5 Å². The number of carboxylic acids is 1. The third-order valence-corrected chi connectivity index (χ3v) is 7.15. The van der Waals surface area contributed by atoms with Gasteiger partial charge in [-0.25, -0.2) is 0 Å². The molecule has 0 radical (unpaired) electrons. The molecule has 0 aromatic carbocycles. The van der Waals surface area contributed by atoms with E-state index < -0.39 is 5.97 Å². The van der Waals surface area contributed by atoms with Gasteiger partial charge in [0.05, 0.1) is 11.8 Å². The van der Waals surface area contributed by atoms with Crippen LogP contribution in [0.15, 0.2) is 0 Å². The first-order valence-electron chi connectivity index (χ1n) is 14.0. The molecular weight excluding hydrogens is 400 g/mol. The van der Waals surface area contributed by atoms with Gasteiger partial charge in [-0.3, -0.25) is 9.59 Å². The number of hydrogen-bond donors (Lipinski definition) is 1. The van der Waals surface area contributed by atoms with Crippen LogP contribution in [-0.4, -0.2) is 23.1 Å². The zero-order valence-corrected chi connectivity index (χ0v) is 21.3. The third kappa shape index (κ3) is 14.2. The zero-order valence-electron chi connectivity index (χ0n) is 21.3. The van der Waals surface area contributed by atoms with Crippen LogP contribution in [0, 0.1) is 11.8 Å². The van der Waals surface area contributed by atoms with E-state index in [2.05, 4.69) is 13.8 Å². The second-order valence-electron chi connectivity index (χ2n) is 10.1. The molecule has 1 saturated carbocycles. The number of rotatable bonds is 20. The second-order valence-corrected chi connectivity index (χ2v) is 10.1. The van der Waals surface area contributed by atoms with Gasteiger partial charge in [-0.2, -0.15) is 0 Å². The summed E-state index contributed by atoms with van der Waals surface area (Å²) in [4.78, 5) is 24.1. The second kappa shape index (κ2) is 19.4. The monoisotopic (exact) mass is 452 g/mol. The number of carbonyl (C=O) groups is 2. The van der Waals surface area contributed by atoms with Gasteiger partial charge in [0.1, 0.15) is 6.10 Å². The summed E-state index contributed by atoms with van der Waals surface area (Å²) in [5, 5.41) is 9.30. The molecule has 4 heteroatoms. The summed E-state index contributed by atoms with van der Waals surface area (Å²) >= 11 is 0. The van der Waals surface area contributed by atoms with Crippen LogP contribution in [0.1, 0.15) is 149 Å². The molecule has 32 heavy (non-hydrogen) atoms. The largest absolute Gasteiger partial charge is 0.481 e. The topological polar surface area (TPSA) is 63.6 Å². The van der Waals surface area contributed by atoms with Gasteiger partial charge < -0.3 is 9.84 Å². The van der Waals surface area contributed by atoms with Gasteiger partial charge in [0.2, 0.25) is 0 Å². The Morgan fingerprint density at radius 1 is 0.719 bits per heavy atom. The van der Waals surface area contributed by atoms with E-state index >= 15 is 0 Å². The van der Waals surface area contributed by atoms with E-state index in [1.807, 2.05) is 0 Å². The van der Waals surface area contributed by atoms with Crippen LogP contribution in [-0.2, 0) is 14.3 Å². The summed E-state index contributed by atoms with van der Waals surface area (Å²) in [6.07, 6.45) is 24.0. The molecule has 1 rings (SSSR count). The average Bonchev–Trinajstić information content (AvgIpc) is 2.80. The Hall–Kier alpha value is -1.06. The minimum absolute atomic E-state index is 0.0168. The number of esters is 1. The quantitative estimate of drug-likeness (QED) is 0.149. The van der Waals surface area contributed by atoms with Crippen molar-refractivity contribution in [2.75, 3.05) is 0 Å². The fourth-order valence-electron chi connectivity index (χ4n) is 4.99. The van der Waals surface area contributed by atoms with E-state index in [1.54, 1.807) is 0 Å². The van der Waals surface area contributed by atoms with Crippen LogP contribution >= 0.6 is 0 Å². The highest BCUT2D eigenvalue weighted by atomic mass is 16.5. The minimum Gasteiger partial charge on any atom is -0.481 e. The standard InChI is InChI=1S/C28H52O4/c1-3-5-7-9-10-11-12-13-14-15-17-22-26(21-16-8-6-4-2)32-28(31)25-20-18-19-24(23-25)27(29)30/h24-26H,3-23H2,1-2H3,(H,29,30). The molecule has 1 aliphatic carbocycles. The van der Waals surface area contributed by atoms with E-state index in [-0.39, 0.29) is 23.9 Å². The molecule has 0 saturated heterocycles. The van der Waals surface area contributed by atoms with Crippen molar-refractivity contribution in [2.45, 2.75) is 155 Å². The lowest BCUT2D eigenvalue weighted by molar-refractivity contribution is -0.158. The third-order valence-electron chi connectivity index (χ3n) is 7.15. The Morgan fingerprint density at radius 3 is 1.66 bits per heavy atom. The lowest BCUT2D eigenvalue weighted by Gasteiger charge is -2.27. The van der Waals surface area contributed by atoms with Gasteiger partial charge >= 0.3 is 11.9 Å². The van der Waals surface area contributed by atoms with Gasteiger partial charge in [-0.1, -0.05) is 104 Å². The fraction of sp³-hybridized carbons (Fsp3) is 0.929. The molecule has 0 aromatic heterocycles. The molecule has 0 heterocycles. The number of ether oxygens (including phenoxy) is 1. The van der Waals surface area contributed by atoms with Gasteiger partial charge in [-0.15, -0.1) is 0 Å². The number of carboxylic acid groups (broad SMARTS) is 1. The highest BCUT2D eigenvalue weighted by Gasteiger charge is 2.32. The SMILES string of the molecule is CCCCCCCCCCCCCC(CCCCCC)OC(=O)C1CCCC(C(=O)O)C1. The Morgan fingerprint density at radius 2 is 1.16 bits per heavy atom. The van der Waals surface area contributed by atoms with E-state index in [4.69, 9.17) is 4.74 Å². The summed E-state index contributed by atoms with van der Waals surface area (Å²) in [5.74, 6) is -1.50. The maximum atomic E-state index is 12.8. The fourth-order valence-corrected chi connectivity index (χ4v) is 4.99. The van der Waals surface area contributed by atoms with Crippen LogP contribution in [0.5, 0.6) is 0 Å². The number of hydrogen-bond acceptors (Lipinski definition) is 3. The first kappa shape index (κ1) is 29.0. The molecule has 3 unspecified atom stereocenters. The maximum Gasteiger partial charge on any atom is 0.309 e. The first-order valence-corrected chi connectivity index (χ1v) is 14.0. The maximum absolute atomic E-state index is 12.8. The first-order chi connectivity index (χ1) is 15.6.